The van der Waals surface area contributed by atoms with Crippen molar-refractivity contribution in [2.45, 2.75) is 50.6 Å². The van der Waals surface area contributed by atoms with Crippen LogP contribution in [-0.2, 0) is 9.59 Å². The molecule has 1 N–H and O–H groups in total. The average Bonchev–Trinajstić information content (AvgIpc) is 3.06. The number of nitrogens with zero attached hydrogens (tertiary/aromatic N) is 3. The van der Waals surface area contributed by atoms with Crippen molar-refractivity contribution < 1.29 is 14.7 Å². The normalized spacial score (nSPS) is 23.2. The highest BCUT2D eigenvalue weighted by molar-refractivity contribution is 8.00. The highest BCUT2D eigenvalue weighted by Gasteiger charge is 2.39. The maximum absolute atomic E-state index is 12.6. The van der Waals surface area contributed by atoms with E-state index in [4.69, 9.17) is 0 Å². The summed E-state index contributed by atoms with van der Waals surface area (Å²) < 4.78 is 1.94. The van der Waals surface area contributed by atoms with Gasteiger partial charge in [0.05, 0.1) is 11.7 Å². The highest BCUT2D eigenvalue weighted by atomic mass is 32.2. The molecule has 7 heteroatoms. The van der Waals surface area contributed by atoms with Gasteiger partial charge < -0.3 is 14.6 Å². The first kappa shape index (κ1) is 15.9. The van der Waals surface area contributed by atoms with Crippen molar-refractivity contribution in [2.24, 2.45) is 0 Å². The molecular formula is C14H21N3O3S. The summed E-state index contributed by atoms with van der Waals surface area (Å²) in [5, 5.41) is 9.17. The zero-order chi connectivity index (χ0) is 15.4. The summed E-state index contributed by atoms with van der Waals surface area (Å²) in [6.45, 7) is 3.96. The first-order valence-electron chi connectivity index (χ1n) is 7.17. The molecule has 1 fully saturated rings. The molecule has 1 aromatic rings. The maximum atomic E-state index is 12.6. The number of carboxylic acid groups (broad SMARTS) is 1. The van der Waals surface area contributed by atoms with Gasteiger partial charge in [-0.2, -0.15) is 0 Å². The largest absolute Gasteiger partial charge is 0.480 e. The molecule has 116 valence electrons. The summed E-state index contributed by atoms with van der Waals surface area (Å²) in [7, 11) is 0. The van der Waals surface area contributed by atoms with Crippen LogP contribution in [0.5, 0.6) is 0 Å². The Hall–Kier alpha value is -1.50. The summed E-state index contributed by atoms with van der Waals surface area (Å²) in [5.74, 6) is -0.548. The Labute approximate surface area is 128 Å². The molecule has 3 unspecified atom stereocenters. The number of aromatic nitrogens is 2. The Morgan fingerprint density at radius 2 is 2.29 bits per heavy atom. The first-order valence-corrected chi connectivity index (χ1v) is 8.22. The van der Waals surface area contributed by atoms with Crippen molar-refractivity contribution in [2.75, 3.05) is 5.75 Å². The van der Waals surface area contributed by atoms with Gasteiger partial charge >= 0.3 is 5.97 Å². The molecule has 1 aliphatic heterocycles. The molecule has 0 saturated carbocycles. The third kappa shape index (κ3) is 3.58. The van der Waals surface area contributed by atoms with Crippen LogP contribution in [0.2, 0.25) is 0 Å². The lowest BCUT2D eigenvalue weighted by molar-refractivity contribution is -0.149. The van der Waals surface area contributed by atoms with Crippen LogP contribution in [0.4, 0.5) is 0 Å². The fourth-order valence-corrected chi connectivity index (χ4v) is 3.88. The van der Waals surface area contributed by atoms with Gasteiger partial charge in [0.15, 0.2) is 0 Å². The molecule has 0 aliphatic carbocycles. The zero-order valence-corrected chi connectivity index (χ0v) is 13.1. The lowest BCUT2D eigenvalue weighted by Crippen LogP contribution is -2.45. The van der Waals surface area contributed by atoms with E-state index in [1.807, 2.05) is 17.7 Å². The number of imidazole rings is 1. The summed E-state index contributed by atoms with van der Waals surface area (Å²) in [6, 6.07) is -0.667. The van der Waals surface area contributed by atoms with E-state index in [2.05, 4.69) is 11.9 Å². The van der Waals surface area contributed by atoms with Crippen molar-refractivity contribution in [3.05, 3.63) is 18.7 Å². The molecule has 2 heterocycles. The van der Waals surface area contributed by atoms with Gasteiger partial charge in [0.2, 0.25) is 5.91 Å². The number of carbonyl (C=O) groups excluding carboxylic acids is 1. The molecule has 0 radical (unpaired) electrons. The molecule has 1 saturated heterocycles. The molecular weight excluding hydrogens is 290 g/mol. The van der Waals surface area contributed by atoms with E-state index in [9.17, 15) is 14.7 Å². The van der Waals surface area contributed by atoms with Crippen molar-refractivity contribution >= 4 is 23.6 Å². The van der Waals surface area contributed by atoms with E-state index in [0.717, 1.165) is 12.8 Å². The second-order valence-electron chi connectivity index (χ2n) is 5.24. The number of hydrogen-bond donors (Lipinski definition) is 1. The van der Waals surface area contributed by atoms with E-state index in [0.29, 0.717) is 12.2 Å². The maximum Gasteiger partial charge on any atom is 0.327 e. The third-order valence-corrected chi connectivity index (χ3v) is 4.99. The molecule has 0 spiro atoms. The Kier molecular flexibility index (Phi) is 5.27. The Bertz CT molecular complexity index is 492. The lowest BCUT2D eigenvalue weighted by Gasteiger charge is -2.27. The number of amides is 1. The quantitative estimate of drug-likeness (QED) is 0.869. The van der Waals surface area contributed by atoms with Crippen molar-refractivity contribution in [1.82, 2.24) is 14.5 Å². The summed E-state index contributed by atoms with van der Waals surface area (Å²) >= 11 is 1.51. The lowest BCUT2D eigenvalue weighted by atomic mass is 10.1. The predicted molar refractivity (Wildman–Crippen MR) is 81.0 cm³/mol. The van der Waals surface area contributed by atoms with Gasteiger partial charge in [-0.05, 0) is 13.3 Å². The molecule has 2 rings (SSSR count). The van der Waals surface area contributed by atoms with Crippen molar-refractivity contribution in [1.29, 1.82) is 0 Å². The van der Waals surface area contributed by atoms with E-state index in [1.165, 1.54) is 16.7 Å². The molecule has 1 amide bonds. The van der Waals surface area contributed by atoms with E-state index >= 15 is 0 Å². The number of carboxylic acids is 1. The average molecular weight is 311 g/mol. The van der Waals surface area contributed by atoms with Gasteiger partial charge in [-0.1, -0.05) is 13.3 Å². The number of hydrogen-bond acceptors (Lipinski definition) is 4. The van der Waals surface area contributed by atoms with Crippen LogP contribution in [0.1, 0.15) is 39.2 Å². The van der Waals surface area contributed by atoms with Crippen molar-refractivity contribution in [3.63, 3.8) is 0 Å². The predicted octanol–water partition coefficient (Wildman–Crippen LogP) is 1.99. The second kappa shape index (κ2) is 6.98. The van der Waals surface area contributed by atoms with Crippen LogP contribution >= 0.6 is 11.8 Å². The van der Waals surface area contributed by atoms with Gasteiger partial charge in [-0.3, -0.25) is 4.79 Å². The Morgan fingerprint density at radius 1 is 1.52 bits per heavy atom. The molecule has 3 atom stereocenters. The fraction of sp³-hybridized carbons (Fsp3) is 0.643. The fourth-order valence-electron chi connectivity index (χ4n) is 2.69. The first-order chi connectivity index (χ1) is 10.0. The van der Waals surface area contributed by atoms with Gasteiger partial charge in [0.25, 0.3) is 0 Å². The summed E-state index contributed by atoms with van der Waals surface area (Å²) in [6.07, 6.45) is 7.41. The van der Waals surface area contributed by atoms with Gasteiger partial charge in [0, 0.05) is 30.6 Å². The SMILES string of the molecule is CCCC(CC(=O)N1C(C)SCC1C(=O)O)n1ccnc1. The van der Waals surface area contributed by atoms with Gasteiger partial charge in [-0.15, -0.1) is 11.8 Å². The number of thioether (sulfide) groups is 1. The minimum absolute atomic E-state index is 0.0391. The molecule has 1 aromatic heterocycles. The number of rotatable bonds is 6. The van der Waals surface area contributed by atoms with Gasteiger partial charge in [0.1, 0.15) is 6.04 Å². The highest BCUT2D eigenvalue weighted by Crippen LogP contribution is 2.31. The van der Waals surface area contributed by atoms with E-state index in [-0.39, 0.29) is 17.3 Å². The van der Waals surface area contributed by atoms with Crippen LogP contribution in [0.25, 0.3) is 0 Å². The smallest absolute Gasteiger partial charge is 0.327 e. The monoisotopic (exact) mass is 311 g/mol. The third-order valence-electron chi connectivity index (χ3n) is 3.77. The molecule has 0 aromatic carbocycles. The minimum Gasteiger partial charge on any atom is -0.480 e. The molecule has 21 heavy (non-hydrogen) atoms. The summed E-state index contributed by atoms with van der Waals surface area (Å²) in [4.78, 5) is 29.4. The van der Waals surface area contributed by atoms with E-state index in [1.54, 1.807) is 12.5 Å². The van der Waals surface area contributed by atoms with Crippen LogP contribution in [0.15, 0.2) is 18.7 Å². The molecule has 1 aliphatic rings. The van der Waals surface area contributed by atoms with Gasteiger partial charge in [-0.25, -0.2) is 9.78 Å². The Morgan fingerprint density at radius 3 is 2.86 bits per heavy atom. The van der Waals surface area contributed by atoms with Crippen LogP contribution in [0, 0.1) is 0 Å². The van der Waals surface area contributed by atoms with Crippen molar-refractivity contribution in [3.8, 4) is 0 Å². The molecule has 6 nitrogen and oxygen atoms in total. The molecule has 0 bridgehead atoms. The van der Waals surface area contributed by atoms with E-state index < -0.39 is 12.0 Å². The number of aliphatic carboxylic acids is 1. The summed E-state index contributed by atoms with van der Waals surface area (Å²) in [5.41, 5.74) is 0. The minimum atomic E-state index is -0.921. The zero-order valence-electron chi connectivity index (χ0n) is 12.3. The van der Waals surface area contributed by atoms with Crippen LogP contribution in [-0.4, -0.2) is 48.6 Å². The second-order valence-corrected chi connectivity index (χ2v) is 6.59. The Balaban J connectivity index is 2.09. The standard InChI is InChI=1S/C14H21N3O3S/c1-3-4-11(16-6-5-15-9-16)7-13(18)17-10(2)21-8-12(17)14(19)20/h5-6,9-12H,3-4,7-8H2,1-2H3,(H,19,20). The number of carbonyl (C=O) groups is 2. The topological polar surface area (TPSA) is 75.4 Å². The van der Waals surface area contributed by atoms with Crippen LogP contribution < -0.4 is 0 Å². The van der Waals surface area contributed by atoms with Crippen LogP contribution in [0.3, 0.4) is 0 Å².